The molecule has 0 bridgehead atoms. The summed E-state index contributed by atoms with van der Waals surface area (Å²) in [5.41, 5.74) is 1.12. The molecule has 7 heteroatoms. The van der Waals surface area contributed by atoms with E-state index in [1.807, 2.05) is 18.2 Å². The van der Waals surface area contributed by atoms with Crippen LogP contribution in [0.5, 0.6) is 5.75 Å². The van der Waals surface area contributed by atoms with E-state index in [9.17, 15) is 0 Å². The molecule has 0 amide bonds. The Labute approximate surface area is 179 Å². The fourth-order valence-electron chi connectivity index (χ4n) is 2.64. The van der Waals surface area contributed by atoms with E-state index in [1.165, 1.54) is 18.6 Å². The third-order valence-corrected chi connectivity index (χ3v) is 5.44. The first-order valence-electron chi connectivity index (χ1n) is 9.18. The number of aliphatic imine (C=N–C) groups is 1. The Hall–Kier alpha value is -0.670. The summed E-state index contributed by atoms with van der Waals surface area (Å²) in [5.74, 6) is 3.10. The Morgan fingerprint density at radius 3 is 2.81 bits per heavy atom. The van der Waals surface area contributed by atoms with E-state index in [0.29, 0.717) is 18.4 Å². The van der Waals surface area contributed by atoms with Crippen LogP contribution in [0.2, 0.25) is 0 Å². The Morgan fingerprint density at radius 2 is 2.12 bits per heavy atom. The highest BCUT2D eigenvalue weighted by molar-refractivity contribution is 14.0. The van der Waals surface area contributed by atoms with Crippen LogP contribution in [0.1, 0.15) is 25.3 Å². The zero-order valence-electron chi connectivity index (χ0n) is 16.2. The molecular formula is C19H33IN4OS. The average molecular weight is 492 g/mol. The van der Waals surface area contributed by atoms with Crippen LogP contribution < -0.4 is 15.4 Å². The van der Waals surface area contributed by atoms with Gasteiger partial charge in [-0.1, -0.05) is 18.2 Å². The van der Waals surface area contributed by atoms with Crippen molar-refractivity contribution in [3.63, 3.8) is 0 Å². The molecule has 1 fully saturated rings. The number of benzene rings is 1. The Kier molecular flexibility index (Phi) is 12.1. The number of likely N-dealkylation sites (N-methyl/N-ethyl adjacent to an activating group) is 1. The predicted octanol–water partition coefficient (Wildman–Crippen LogP) is 3.20. The highest BCUT2D eigenvalue weighted by Gasteiger charge is 2.15. The van der Waals surface area contributed by atoms with Crippen LogP contribution in [0.25, 0.3) is 0 Å². The summed E-state index contributed by atoms with van der Waals surface area (Å²) in [6.07, 6.45) is 2.64. The summed E-state index contributed by atoms with van der Waals surface area (Å²) in [5, 5.41) is 7.53. The fourth-order valence-corrected chi connectivity index (χ4v) is 3.84. The van der Waals surface area contributed by atoms with E-state index < -0.39 is 0 Å². The number of guanidine groups is 1. The number of nitrogens with one attached hydrogen (secondary N) is 2. The van der Waals surface area contributed by atoms with Crippen molar-refractivity contribution in [3.05, 3.63) is 29.8 Å². The molecule has 2 N–H and O–H groups in total. The van der Waals surface area contributed by atoms with Crippen molar-refractivity contribution >= 4 is 41.7 Å². The molecule has 148 valence electrons. The van der Waals surface area contributed by atoms with Gasteiger partial charge in [0.2, 0.25) is 0 Å². The third kappa shape index (κ3) is 8.81. The minimum absolute atomic E-state index is 0. The van der Waals surface area contributed by atoms with Gasteiger partial charge >= 0.3 is 0 Å². The maximum absolute atomic E-state index is 5.93. The normalized spacial score (nSPS) is 17.1. The number of rotatable bonds is 9. The summed E-state index contributed by atoms with van der Waals surface area (Å²) in [7, 11) is 4.10. The van der Waals surface area contributed by atoms with Crippen LogP contribution in [0.15, 0.2) is 29.3 Å². The van der Waals surface area contributed by atoms with E-state index in [4.69, 9.17) is 9.73 Å². The van der Waals surface area contributed by atoms with Crippen LogP contribution in [-0.4, -0.2) is 62.2 Å². The monoisotopic (exact) mass is 492 g/mol. The lowest BCUT2D eigenvalue weighted by molar-refractivity contribution is 0.259. The fraction of sp³-hybridized carbons (Fsp3) is 0.632. The Balaban J connectivity index is 0.00000338. The second-order valence-electron chi connectivity index (χ2n) is 6.47. The summed E-state index contributed by atoms with van der Waals surface area (Å²) >= 11 is 2.06. The second-order valence-corrected chi connectivity index (χ2v) is 7.88. The molecule has 1 aliphatic rings. The van der Waals surface area contributed by atoms with Gasteiger partial charge in [-0.2, -0.15) is 11.8 Å². The molecule has 0 saturated carbocycles. The van der Waals surface area contributed by atoms with Gasteiger partial charge in [0.15, 0.2) is 5.96 Å². The minimum atomic E-state index is 0. The highest BCUT2D eigenvalue weighted by atomic mass is 127. The van der Waals surface area contributed by atoms with Crippen LogP contribution >= 0.6 is 35.7 Å². The van der Waals surface area contributed by atoms with Crippen LogP contribution in [0.4, 0.5) is 0 Å². The molecule has 1 saturated heterocycles. The van der Waals surface area contributed by atoms with Gasteiger partial charge in [-0.05, 0) is 45.7 Å². The third-order valence-electron chi connectivity index (χ3n) is 4.04. The molecule has 1 aliphatic heterocycles. The number of para-hydroxylation sites is 1. The molecular weight excluding hydrogens is 459 g/mol. The number of nitrogens with zero attached hydrogens (tertiary/aromatic N) is 2. The second kappa shape index (κ2) is 13.5. The number of hydrogen-bond acceptors (Lipinski definition) is 4. The van der Waals surface area contributed by atoms with Gasteiger partial charge in [-0.15, -0.1) is 24.0 Å². The zero-order valence-corrected chi connectivity index (χ0v) is 19.3. The van der Waals surface area contributed by atoms with E-state index in [0.717, 1.165) is 36.9 Å². The van der Waals surface area contributed by atoms with Gasteiger partial charge in [0, 0.05) is 30.4 Å². The van der Waals surface area contributed by atoms with Crippen molar-refractivity contribution in [1.29, 1.82) is 0 Å². The van der Waals surface area contributed by atoms with Crippen molar-refractivity contribution < 1.29 is 4.74 Å². The highest BCUT2D eigenvalue weighted by Crippen LogP contribution is 2.25. The first-order chi connectivity index (χ1) is 12.2. The van der Waals surface area contributed by atoms with Crippen LogP contribution in [-0.2, 0) is 6.54 Å². The summed E-state index contributed by atoms with van der Waals surface area (Å²) < 4.78 is 5.93. The van der Waals surface area contributed by atoms with E-state index in [-0.39, 0.29) is 24.0 Å². The molecule has 0 spiro atoms. The van der Waals surface area contributed by atoms with Crippen LogP contribution in [0, 0.1) is 0 Å². The number of halogens is 1. The van der Waals surface area contributed by atoms with E-state index in [1.54, 1.807) is 0 Å². The van der Waals surface area contributed by atoms with Crippen molar-refractivity contribution in [1.82, 2.24) is 15.5 Å². The van der Waals surface area contributed by atoms with Gasteiger partial charge in [0.05, 0.1) is 6.54 Å². The molecule has 26 heavy (non-hydrogen) atoms. The molecule has 1 atom stereocenters. The van der Waals surface area contributed by atoms with Crippen molar-refractivity contribution in [2.45, 2.75) is 31.6 Å². The average Bonchev–Trinajstić information content (AvgIpc) is 3.11. The molecule has 1 aromatic carbocycles. The SMILES string of the molecule is CCNC(=NCc1ccccc1OCCN(C)C)NCC1CCCS1.I. The standard InChI is InChI=1S/C19H32N4OS.HI/c1-4-20-19(22-15-17-9-7-13-25-17)21-14-16-8-5-6-10-18(16)24-12-11-23(2)3;/h5-6,8,10,17H,4,7,9,11-15H2,1-3H3,(H2,20,21,22);1H. The van der Waals surface area contributed by atoms with Crippen LogP contribution in [0.3, 0.4) is 0 Å². The molecule has 1 aromatic rings. The maximum atomic E-state index is 5.93. The van der Waals surface area contributed by atoms with Gasteiger partial charge in [0.1, 0.15) is 12.4 Å². The minimum Gasteiger partial charge on any atom is -0.492 e. The van der Waals surface area contributed by atoms with Gasteiger partial charge in [-0.25, -0.2) is 4.99 Å². The molecule has 0 aliphatic carbocycles. The largest absolute Gasteiger partial charge is 0.492 e. The number of hydrogen-bond donors (Lipinski definition) is 2. The lowest BCUT2D eigenvalue weighted by Gasteiger charge is -2.15. The van der Waals surface area contributed by atoms with E-state index >= 15 is 0 Å². The molecule has 0 radical (unpaired) electrons. The maximum Gasteiger partial charge on any atom is 0.191 e. The lowest BCUT2D eigenvalue weighted by Crippen LogP contribution is -2.40. The van der Waals surface area contributed by atoms with E-state index in [2.05, 4.69) is 54.4 Å². The molecule has 1 unspecified atom stereocenters. The lowest BCUT2D eigenvalue weighted by atomic mass is 10.2. The molecule has 2 rings (SSSR count). The first kappa shape index (κ1) is 23.4. The molecule has 5 nitrogen and oxygen atoms in total. The van der Waals surface area contributed by atoms with Gasteiger partial charge < -0.3 is 20.3 Å². The molecule has 1 heterocycles. The summed E-state index contributed by atoms with van der Waals surface area (Å²) in [6.45, 7) is 6.15. The number of ether oxygens (including phenoxy) is 1. The smallest absolute Gasteiger partial charge is 0.191 e. The Bertz CT molecular complexity index is 536. The van der Waals surface area contributed by atoms with Crippen molar-refractivity contribution in [3.8, 4) is 5.75 Å². The van der Waals surface area contributed by atoms with Crippen molar-refractivity contribution in [2.75, 3.05) is 46.1 Å². The molecule has 0 aromatic heterocycles. The summed E-state index contributed by atoms with van der Waals surface area (Å²) in [6, 6.07) is 8.17. The zero-order chi connectivity index (χ0) is 17.9. The topological polar surface area (TPSA) is 48.9 Å². The first-order valence-corrected chi connectivity index (χ1v) is 10.2. The van der Waals surface area contributed by atoms with Gasteiger partial charge in [-0.3, -0.25) is 0 Å². The van der Waals surface area contributed by atoms with Gasteiger partial charge in [0.25, 0.3) is 0 Å². The Morgan fingerprint density at radius 1 is 1.31 bits per heavy atom. The number of thioether (sulfide) groups is 1. The summed E-state index contributed by atoms with van der Waals surface area (Å²) in [4.78, 5) is 6.86. The predicted molar refractivity (Wildman–Crippen MR) is 124 cm³/mol. The van der Waals surface area contributed by atoms with Crippen molar-refractivity contribution in [2.24, 2.45) is 4.99 Å². The quantitative estimate of drug-likeness (QED) is 0.315.